The van der Waals surface area contributed by atoms with Crippen LogP contribution in [0.3, 0.4) is 0 Å². The van der Waals surface area contributed by atoms with E-state index in [0.717, 1.165) is 32.3 Å². The largest absolute Gasteiger partial charge is 0.383 e. The molecule has 0 aliphatic carbocycles. The predicted octanol–water partition coefficient (Wildman–Crippen LogP) is 6.54. The molecule has 0 fully saturated rings. The van der Waals surface area contributed by atoms with Crippen molar-refractivity contribution in [3.63, 3.8) is 0 Å². The molecule has 0 saturated carbocycles. The summed E-state index contributed by atoms with van der Waals surface area (Å²) in [5.41, 5.74) is 1.87. The Morgan fingerprint density at radius 3 is 1.47 bits per heavy atom. The number of methoxy groups -OCH3 is 2. The summed E-state index contributed by atoms with van der Waals surface area (Å²) in [6.45, 7) is 4.37. The molecule has 2 aliphatic heterocycles. The topological polar surface area (TPSA) is 93.2 Å². The van der Waals surface area contributed by atoms with E-state index in [1.54, 1.807) is 38.5 Å². The van der Waals surface area contributed by atoms with Gasteiger partial charge >= 0.3 is 0 Å². The normalized spacial score (nSPS) is 16.5. The number of nitrogens with zero attached hydrogens (tertiary/aromatic N) is 2. The van der Waals surface area contributed by atoms with Crippen LogP contribution in [-0.2, 0) is 9.47 Å². The van der Waals surface area contributed by atoms with Crippen LogP contribution in [0.25, 0.3) is 43.1 Å². The molecule has 5 aromatic rings. The molecule has 9 heteroatoms. The first-order valence-corrected chi connectivity index (χ1v) is 15.2. The maximum Gasteiger partial charge on any atom is 0.261 e. The van der Waals surface area contributed by atoms with Crippen molar-refractivity contribution < 1.29 is 28.7 Å². The molecular weight excluding hydrogens is 612 g/mol. The first-order valence-electron chi connectivity index (χ1n) is 14.4. The predicted molar refractivity (Wildman–Crippen MR) is 168 cm³/mol. The molecule has 8 nitrogen and oxygen atoms in total. The Hall–Kier alpha value is -3.92. The summed E-state index contributed by atoms with van der Waals surface area (Å²) in [7, 11) is 3.12. The molecule has 0 spiro atoms. The number of amides is 4. The monoisotopic (exact) mass is 640 g/mol. The van der Waals surface area contributed by atoms with Gasteiger partial charge in [-0.25, -0.2) is 0 Å². The van der Waals surface area contributed by atoms with Crippen molar-refractivity contribution in [2.45, 2.75) is 38.8 Å². The van der Waals surface area contributed by atoms with E-state index in [2.05, 4.69) is 15.9 Å². The SMILES string of the molecule is CCC(COC)N1C(=O)c2ccc3c4ccc5c6c(cc(Br)c(c7ccc(c2c37)C1=O)c64)C(=O)N(C(CC)COC)C5=O. The fourth-order valence-corrected chi connectivity index (χ4v) is 7.79. The zero-order chi connectivity index (χ0) is 30.3. The lowest BCUT2D eigenvalue weighted by molar-refractivity contribution is 0.0410. The highest BCUT2D eigenvalue weighted by Crippen LogP contribution is 2.48. The smallest absolute Gasteiger partial charge is 0.261 e. The van der Waals surface area contributed by atoms with Crippen LogP contribution in [0.1, 0.15) is 68.1 Å². The van der Waals surface area contributed by atoms with Gasteiger partial charge < -0.3 is 9.47 Å². The summed E-state index contributed by atoms with van der Waals surface area (Å²) in [5.74, 6) is -1.36. The lowest BCUT2D eigenvalue weighted by Gasteiger charge is -2.34. The molecular formula is C34H29BrN2O6. The van der Waals surface area contributed by atoms with Gasteiger partial charge in [-0.05, 0) is 58.7 Å². The Kier molecular flexibility index (Phi) is 6.54. The number of ether oxygens (including phenoxy) is 2. The van der Waals surface area contributed by atoms with Gasteiger partial charge in [-0.1, -0.05) is 48.0 Å². The molecule has 0 radical (unpaired) electrons. The molecule has 0 aromatic heterocycles. The molecule has 5 aromatic carbocycles. The lowest BCUT2D eigenvalue weighted by Crippen LogP contribution is -2.48. The molecule has 218 valence electrons. The van der Waals surface area contributed by atoms with E-state index in [1.165, 1.54) is 9.80 Å². The zero-order valence-electron chi connectivity index (χ0n) is 24.2. The fourth-order valence-electron chi connectivity index (χ4n) is 7.15. The average Bonchev–Trinajstić information content (AvgIpc) is 3.01. The number of hydrogen-bond acceptors (Lipinski definition) is 6. The average molecular weight is 642 g/mol. The van der Waals surface area contributed by atoms with E-state index < -0.39 is 0 Å². The van der Waals surface area contributed by atoms with Crippen LogP contribution in [0.2, 0.25) is 0 Å². The van der Waals surface area contributed by atoms with Crippen LogP contribution in [-0.4, -0.2) is 72.9 Å². The molecule has 7 rings (SSSR count). The summed E-state index contributed by atoms with van der Waals surface area (Å²) >= 11 is 3.76. The number of halogens is 1. The van der Waals surface area contributed by atoms with Crippen molar-refractivity contribution in [3.05, 3.63) is 69.2 Å². The molecule has 0 bridgehead atoms. The number of imide groups is 2. The van der Waals surface area contributed by atoms with Gasteiger partial charge in [0.1, 0.15) is 0 Å². The first kappa shape index (κ1) is 27.9. The Labute approximate surface area is 255 Å². The molecule has 2 aliphatic rings. The van der Waals surface area contributed by atoms with Gasteiger partial charge in [0, 0.05) is 62.5 Å². The fraction of sp³-hybridized carbons (Fsp3) is 0.294. The second-order valence-electron chi connectivity index (χ2n) is 11.3. The van der Waals surface area contributed by atoms with E-state index in [9.17, 15) is 19.2 Å². The molecule has 4 amide bonds. The van der Waals surface area contributed by atoms with Gasteiger partial charge in [-0.2, -0.15) is 0 Å². The van der Waals surface area contributed by atoms with Gasteiger partial charge in [0.25, 0.3) is 23.6 Å². The molecule has 43 heavy (non-hydrogen) atoms. The number of rotatable bonds is 8. The third kappa shape index (κ3) is 3.62. The number of benzene rings is 5. The van der Waals surface area contributed by atoms with Gasteiger partial charge in [-0.3, -0.25) is 29.0 Å². The maximum atomic E-state index is 13.9. The molecule has 2 heterocycles. The van der Waals surface area contributed by atoms with Crippen LogP contribution in [0.5, 0.6) is 0 Å². The minimum atomic E-state index is -0.387. The van der Waals surface area contributed by atoms with E-state index in [1.807, 2.05) is 32.0 Å². The highest BCUT2D eigenvalue weighted by atomic mass is 79.9. The quantitative estimate of drug-likeness (QED) is 0.109. The van der Waals surface area contributed by atoms with Crippen molar-refractivity contribution >= 4 is 82.6 Å². The van der Waals surface area contributed by atoms with E-state index in [-0.39, 0.29) is 48.9 Å². The zero-order valence-corrected chi connectivity index (χ0v) is 25.8. The minimum Gasteiger partial charge on any atom is -0.383 e. The summed E-state index contributed by atoms with van der Waals surface area (Å²) in [5, 5.41) is 6.24. The van der Waals surface area contributed by atoms with Crippen molar-refractivity contribution in [2.75, 3.05) is 27.4 Å². The van der Waals surface area contributed by atoms with Crippen molar-refractivity contribution in [1.29, 1.82) is 0 Å². The molecule has 0 saturated heterocycles. The van der Waals surface area contributed by atoms with Crippen molar-refractivity contribution in [3.8, 4) is 0 Å². The van der Waals surface area contributed by atoms with Crippen LogP contribution in [0.15, 0.2) is 46.9 Å². The van der Waals surface area contributed by atoms with Gasteiger partial charge in [0.2, 0.25) is 0 Å². The van der Waals surface area contributed by atoms with Gasteiger partial charge in [-0.15, -0.1) is 0 Å². The van der Waals surface area contributed by atoms with Crippen LogP contribution in [0.4, 0.5) is 0 Å². The third-order valence-electron chi connectivity index (χ3n) is 9.14. The summed E-state index contributed by atoms with van der Waals surface area (Å²) in [6, 6.07) is 12.1. The Morgan fingerprint density at radius 2 is 1.00 bits per heavy atom. The summed E-state index contributed by atoms with van der Waals surface area (Å²) in [6.07, 6.45) is 1.15. The maximum absolute atomic E-state index is 13.9. The highest BCUT2D eigenvalue weighted by molar-refractivity contribution is 9.10. The minimum absolute atomic E-state index is 0.253. The van der Waals surface area contributed by atoms with Crippen LogP contribution in [0, 0.1) is 0 Å². The van der Waals surface area contributed by atoms with E-state index in [4.69, 9.17) is 9.47 Å². The van der Waals surface area contributed by atoms with Gasteiger partial charge in [0.15, 0.2) is 0 Å². The second kappa shape index (κ2) is 10.1. The summed E-state index contributed by atoms with van der Waals surface area (Å²) < 4.78 is 11.4. The standard InChI is InChI=1S/C34H29BrN2O6/c1-5-16(14-42-3)36-31(38)21-10-7-18-19-8-11-23-28-24(34(41)37(33(23)40)17(6-2)15-43-4)13-25(35)29(30(19)28)20-9-12-22(32(36)39)27(21)26(18)20/h7-13,16-17H,5-6,14-15H2,1-4H3. The number of hydrogen-bond donors (Lipinski definition) is 0. The lowest BCUT2D eigenvalue weighted by atomic mass is 9.82. The van der Waals surface area contributed by atoms with E-state index in [0.29, 0.717) is 50.3 Å². The van der Waals surface area contributed by atoms with Crippen LogP contribution < -0.4 is 0 Å². The second-order valence-corrected chi connectivity index (χ2v) is 12.1. The number of carbonyl (C=O) groups is 4. The Bertz CT molecular complexity index is 2030. The third-order valence-corrected chi connectivity index (χ3v) is 9.77. The number of carbonyl (C=O) groups excluding carboxylic acids is 4. The van der Waals surface area contributed by atoms with Crippen LogP contribution >= 0.6 is 15.9 Å². The molecule has 2 unspecified atom stereocenters. The highest BCUT2D eigenvalue weighted by Gasteiger charge is 2.40. The van der Waals surface area contributed by atoms with Gasteiger partial charge in [0.05, 0.1) is 25.3 Å². The van der Waals surface area contributed by atoms with Crippen molar-refractivity contribution in [1.82, 2.24) is 9.80 Å². The van der Waals surface area contributed by atoms with E-state index >= 15 is 0 Å². The molecule has 0 N–H and O–H groups in total. The number of fused-ring (bicyclic) bond motifs is 2. The first-order chi connectivity index (χ1) is 20.8. The van der Waals surface area contributed by atoms with Crippen molar-refractivity contribution in [2.24, 2.45) is 0 Å². The molecule has 2 atom stereocenters. The Balaban J connectivity index is 1.54. The summed E-state index contributed by atoms with van der Waals surface area (Å²) in [4.78, 5) is 58.1. The Morgan fingerprint density at radius 1 is 0.581 bits per heavy atom.